The Kier molecular flexibility index (Phi) is 3.90. The summed E-state index contributed by atoms with van der Waals surface area (Å²) in [4.78, 5) is 0. The van der Waals surface area contributed by atoms with E-state index in [1.54, 1.807) is 0 Å². The molecule has 0 aliphatic heterocycles. The summed E-state index contributed by atoms with van der Waals surface area (Å²) < 4.78 is 1.37. The van der Waals surface area contributed by atoms with Crippen LogP contribution in [0.15, 0.2) is 29.6 Å². The highest BCUT2D eigenvalue weighted by Gasteiger charge is 2.28. The molecule has 102 valence electrons. The zero-order chi connectivity index (χ0) is 13.2. The van der Waals surface area contributed by atoms with Crippen LogP contribution >= 0.6 is 11.3 Å². The Morgan fingerprint density at radius 1 is 1.26 bits per heavy atom. The number of fused-ring (bicyclic) bond motifs is 1. The molecule has 3 rings (SSSR count). The highest BCUT2D eigenvalue weighted by molar-refractivity contribution is 7.17. The first-order valence-electron chi connectivity index (χ1n) is 7.41. The second-order valence-corrected chi connectivity index (χ2v) is 6.79. The quantitative estimate of drug-likeness (QED) is 0.865. The molecular formula is C17H22OS. The average molecular weight is 274 g/mol. The Bertz CT molecular complexity index is 545. The molecule has 0 bridgehead atoms. The maximum absolute atomic E-state index is 10.3. The third-order valence-corrected chi connectivity index (χ3v) is 5.68. The molecule has 0 saturated heterocycles. The van der Waals surface area contributed by atoms with Gasteiger partial charge in [-0.3, -0.25) is 0 Å². The molecule has 1 aliphatic carbocycles. The highest BCUT2D eigenvalue weighted by atomic mass is 32.1. The van der Waals surface area contributed by atoms with Crippen LogP contribution in [0.25, 0.3) is 10.1 Å². The van der Waals surface area contributed by atoms with E-state index in [0.29, 0.717) is 5.92 Å². The van der Waals surface area contributed by atoms with Crippen LogP contribution < -0.4 is 0 Å². The normalized spacial score (nSPS) is 27.8. The summed E-state index contributed by atoms with van der Waals surface area (Å²) in [6.07, 6.45) is 5.60. The summed E-state index contributed by atoms with van der Waals surface area (Å²) in [6, 6.07) is 8.62. The van der Waals surface area contributed by atoms with Gasteiger partial charge in [-0.15, -0.1) is 11.3 Å². The molecule has 1 N–H and O–H groups in total. The summed E-state index contributed by atoms with van der Waals surface area (Å²) in [5, 5.41) is 13.9. The number of aliphatic hydroxyl groups is 1. The maximum Gasteiger partial charge on any atom is 0.0571 e. The minimum atomic E-state index is -0.0959. The third kappa shape index (κ3) is 2.70. The van der Waals surface area contributed by atoms with Crippen LogP contribution in [0.3, 0.4) is 0 Å². The van der Waals surface area contributed by atoms with E-state index in [4.69, 9.17) is 0 Å². The van der Waals surface area contributed by atoms with E-state index in [2.05, 4.69) is 36.6 Å². The van der Waals surface area contributed by atoms with Crippen LogP contribution in [0, 0.1) is 11.8 Å². The van der Waals surface area contributed by atoms with E-state index in [0.717, 1.165) is 18.8 Å². The lowest BCUT2D eigenvalue weighted by molar-refractivity contribution is 0.0477. The summed E-state index contributed by atoms with van der Waals surface area (Å²) in [6.45, 7) is 2.28. The molecule has 2 aromatic rings. The largest absolute Gasteiger partial charge is 0.393 e. The van der Waals surface area contributed by atoms with E-state index >= 15 is 0 Å². The van der Waals surface area contributed by atoms with E-state index in [1.807, 2.05) is 11.3 Å². The predicted octanol–water partition coefficient (Wildman–Crippen LogP) is 4.63. The number of rotatable bonds is 3. The van der Waals surface area contributed by atoms with Crippen molar-refractivity contribution in [1.82, 2.24) is 0 Å². The molecule has 1 fully saturated rings. The number of hydrogen-bond donors (Lipinski definition) is 1. The first kappa shape index (κ1) is 13.1. The first-order chi connectivity index (χ1) is 9.28. The molecule has 1 aromatic carbocycles. The minimum Gasteiger partial charge on any atom is -0.393 e. The highest BCUT2D eigenvalue weighted by Crippen LogP contribution is 2.36. The lowest BCUT2D eigenvalue weighted by Gasteiger charge is -2.33. The number of thiophene rings is 1. The molecular weight excluding hydrogens is 252 g/mol. The Hall–Kier alpha value is -0.860. The van der Waals surface area contributed by atoms with Gasteiger partial charge in [0.25, 0.3) is 0 Å². The molecule has 0 amide bonds. The van der Waals surface area contributed by atoms with E-state index in [9.17, 15) is 5.11 Å². The Morgan fingerprint density at radius 2 is 2.11 bits per heavy atom. The van der Waals surface area contributed by atoms with Gasteiger partial charge in [-0.05, 0) is 59.9 Å². The Morgan fingerprint density at radius 3 is 2.95 bits per heavy atom. The van der Waals surface area contributed by atoms with Crippen LogP contribution in [0.5, 0.6) is 0 Å². The smallest absolute Gasteiger partial charge is 0.0571 e. The summed E-state index contributed by atoms with van der Waals surface area (Å²) in [5.74, 6) is 1.27. The van der Waals surface area contributed by atoms with Crippen molar-refractivity contribution in [2.75, 3.05) is 0 Å². The van der Waals surface area contributed by atoms with Crippen molar-refractivity contribution < 1.29 is 5.11 Å². The molecule has 19 heavy (non-hydrogen) atoms. The fourth-order valence-electron chi connectivity index (χ4n) is 3.41. The molecule has 2 heteroatoms. The number of aliphatic hydroxyl groups excluding tert-OH is 1. The van der Waals surface area contributed by atoms with Crippen molar-refractivity contribution in [2.45, 2.75) is 45.1 Å². The van der Waals surface area contributed by atoms with E-state index in [1.165, 1.54) is 34.9 Å². The van der Waals surface area contributed by atoms with Gasteiger partial charge < -0.3 is 5.11 Å². The van der Waals surface area contributed by atoms with Gasteiger partial charge in [0, 0.05) is 4.70 Å². The minimum absolute atomic E-state index is 0.0959. The summed E-state index contributed by atoms with van der Waals surface area (Å²) in [5.41, 5.74) is 1.43. The van der Waals surface area contributed by atoms with Crippen molar-refractivity contribution in [3.8, 4) is 0 Å². The standard InChI is InChI=1S/C17H22OS/c1-2-12-7-8-16(18)13(9-12)10-14-11-19-17-6-4-3-5-15(14)17/h3-6,11-13,16,18H,2,7-10H2,1H3. The van der Waals surface area contributed by atoms with Crippen LogP contribution in [-0.2, 0) is 6.42 Å². The van der Waals surface area contributed by atoms with Crippen molar-refractivity contribution in [3.63, 3.8) is 0 Å². The maximum atomic E-state index is 10.3. The molecule has 1 heterocycles. The second kappa shape index (κ2) is 5.64. The topological polar surface area (TPSA) is 20.2 Å². The lowest BCUT2D eigenvalue weighted by atomic mass is 9.76. The van der Waals surface area contributed by atoms with Gasteiger partial charge in [-0.2, -0.15) is 0 Å². The molecule has 1 aliphatic rings. The predicted molar refractivity (Wildman–Crippen MR) is 82.7 cm³/mol. The first-order valence-corrected chi connectivity index (χ1v) is 8.29. The van der Waals surface area contributed by atoms with Crippen LogP contribution in [-0.4, -0.2) is 11.2 Å². The van der Waals surface area contributed by atoms with Gasteiger partial charge in [-0.1, -0.05) is 31.5 Å². The van der Waals surface area contributed by atoms with E-state index < -0.39 is 0 Å². The van der Waals surface area contributed by atoms with Gasteiger partial charge in [0.15, 0.2) is 0 Å². The van der Waals surface area contributed by atoms with Crippen molar-refractivity contribution >= 4 is 21.4 Å². The fourth-order valence-corrected chi connectivity index (χ4v) is 4.38. The average Bonchev–Trinajstić information content (AvgIpc) is 2.85. The SMILES string of the molecule is CCC1CCC(O)C(Cc2csc3ccccc23)C1. The third-order valence-electron chi connectivity index (χ3n) is 4.67. The zero-order valence-electron chi connectivity index (χ0n) is 11.5. The van der Waals surface area contributed by atoms with Gasteiger partial charge in [-0.25, -0.2) is 0 Å². The second-order valence-electron chi connectivity index (χ2n) is 5.88. The molecule has 1 nitrogen and oxygen atoms in total. The van der Waals surface area contributed by atoms with Gasteiger partial charge in [0.05, 0.1) is 6.10 Å². The molecule has 1 aromatic heterocycles. The van der Waals surface area contributed by atoms with Crippen LogP contribution in [0.2, 0.25) is 0 Å². The van der Waals surface area contributed by atoms with E-state index in [-0.39, 0.29) is 6.10 Å². The Balaban J connectivity index is 1.80. The molecule has 1 saturated carbocycles. The zero-order valence-corrected chi connectivity index (χ0v) is 12.3. The summed E-state index contributed by atoms with van der Waals surface area (Å²) in [7, 11) is 0. The molecule has 3 atom stereocenters. The van der Waals surface area contributed by atoms with Crippen LogP contribution in [0.1, 0.15) is 38.2 Å². The Labute approximate surface area is 119 Å². The van der Waals surface area contributed by atoms with Crippen LogP contribution in [0.4, 0.5) is 0 Å². The number of benzene rings is 1. The fraction of sp³-hybridized carbons (Fsp3) is 0.529. The van der Waals surface area contributed by atoms with Crippen molar-refractivity contribution in [2.24, 2.45) is 11.8 Å². The molecule has 0 radical (unpaired) electrons. The summed E-state index contributed by atoms with van der Waals surface area (Å²) >= 11 is 1.83. The monoisotopic (exact) mass is 274 g/mol. The van der Waals surface area contributed by atoms with Gasteiger partial charge in [0.2, 0.25) is 0 Å². The lowest BCUT2D eigenvalue weighted by Crippen LogP contribution is -2.30. The van der Waals surface area contributed by atoms with Crippen molar-refractivity contribution in [1.29, 1.82) is 0 Å². The van der Waals surface area contributed by atoms with Gasteiger partial charge in [0.1, 0.15) is 0 Å². The number of hydrogen-bond acceptors (Lipinski definition) is 2. The molecule has 3 unspecified atom stereocenters. The van der Waals surface area contributed by atoms with Crippen molar-refractivity contribution in [3.05, 3.63) is 35.2 Å². The molecule has 0 spiro atoms. The van der Waals surface area contributed by atoms with Gasteiger partial charge >= 0.3 is 0 Å².